The number of aromatic nitrogens is 2. The number of fused-ring (bicyclic) bond motifs is 1. The fraction of sp³-hybridized carbons (Fsp3) is 0.385. The first-order valence-electron chi connectivity index (χ1n) is 6.08. The highest BCUT2D eigenvalue weighted by molar-refractivity contribution is 5.95. The molecule has 5 nitrogen and oxygen atoms in total. The molecule has 0 aliphatic heterocycles. The van der Waals surface area contributed by atoms with Gasteiger partial charge in [-0.05, 0) is 25.0 Å². The Morgan fingerprint density at radius 1 is 1.61 bits per heavy atom. The van der Waals surface area contributed by atoms with E-state index < -0.39 is 0 Å². The van der Waals surface area contributed by atoms with E-state index in [0.29, 0.717) is 24.9 Å². The maximum Gasteiger partial charge on any atom is 0.251 e. The Labute approximate surface area is 105 Å². The smallest absolute Gasteiger partial charge is 0.251 e. The second-order valence-electron chi connectivity index (χ2n) is 4.25. The van der Waals surface area contributed by atoms with E-state index in [0.717, 1.165) is 5.52 Å². The summed E-state index contributed by atoms with van der Waals surface area (Å²) in [5, 5.41) is 12.2. The molecule has 0 radical (unpaired) electrons. The van der Waals surface area contributed by atoms with Gasteiger partial charge in [-0.2, -0.15) is 0 Å². The third-order valence-electron chi connectivity index (χ3n) is 2.91. The van der Waals surface area contributed by atoms with Crippen LogP contribution in [0.5, 0.6) is 0 Å². The van der Waals surface area contributed by atoms with Crippen molar-refractivity contribution in [1.29, 1.82) is 0 Å². The van der Waals surface area contributed by atoms with Gasteiger partial charge < -0.3 is 14.8 Å². The molecule has 1 atom stereocenters. The Hall–Kier alpha value is -1.88. The van der Waals surface area contributed by atoms with Crippen LogP contribution in [0.25, 0.3) is 5.52 Å². The van der Waals surface area contributed by atoms with Gasteiger partial charge in [0.05, 0.1) is 24.1 Å². The van der Waals surface area contributed by atoms with Crippen molar-refractivity contribution >= 4 is 11.4 Å². The average Bonchev–Trinajstić information content (AvgIpc) is 2.85. The maximum atomic E-state index is 11.9. The molecule has 0 spiro atoms. The quantitative estimate of drug-likeness (QED) is 0.835. The summed E-state index contributed by atoms with van der Waals surface area (Å²) in [6, 6.07) is 3.54. The molecule has 0 bridgehead atoms. The van der Waals surface area contributed by atoms with Crippen molar-refractivity contribution in [2.45, 2.75) is 25.9 Å². The molecule has 2 rings (SSSR count). The van der Waals surface area contributed by atoms with Crippen LogP contribution >= 0.6 is 0 Å². The maximum absolute atomic E-state index is 11.9. The Morgan fingerprint density at radius 2 is 2.44 bits per heavy atom. The van der Waals surface area contributed by atoms with Crippen LogP contribution < -0.4 is 5.32 Å². The topological polar surface area (TPSA) is 66.6 Å². The van der Waals surface area contributed by atoms with Crippen molar-refractivity contribution in [2.75, 3.05) is 6.54 Å². The molecule has 2 heterocycles. The van der Waals surface area contributed by atoms with Gasteiger partial charge in [0.1, 0.15) is 0 Å². The Balaban J connectivity index is 1.95. The second kappa shape index (κ2) is 5.64. The van der Waals surface area contributed by atoms with Crippen molar-refractivity contribution in [1.82, 2.24) is 14.7 Å². The molecule has 0 saturated heterocycles. The lowest BCUT2D eigenvalue weighted by Gasteiger charge is -2.09. The van der Waals surface area contributed by atoms with E-state index in [1.54, 1.807) is 30.9 Å². The molecule has 0 aliphatic rings. The molecule has 96 valence electrons. The van der Waals surface area contributed by atoms with Crippen LogP contribution in [0.4, 0.5) is 0 Å². The molecule has 2 aromatic rings. The molecule has 2 N–H and O–H groups in total. The number of imidazole rings is 1. The van der Waals surface area contributed by atoms with Crippen LogP contribution in [-0.2, 0) is 0 Å². The van der Waals surface area contributed by atoms with E-state index in [9.17, 15) is 9.90 Å². The number of amides is 1. The van der Waals surface area contributed by atoms with Crippen molar-refractivity contribution in [2.24, 2.45) is 0 Å². The summed E-state index contributed by atoms with van der Waals surface area (Å²) in [4.78, 5) is 15.9. The highest BCUT2D eigenvalue weighted by Crippen LogP contribution is 2.06. The van der Waals surface area contributed by atoms with Crippen LogP contribution in [0.1, 0.15) is 30.1 Å². The molecule has 1 unspecified atom stereocenters. The first-order valence-corrected chi connectivity index (χ1v) is 6.08. The number of rotatable bonds is 5. The lowest BCUT2D eigenvalue weighted by molar-refractivity contribution is 0.0942. The van der Waals surface area contributed by atoms with Crippen LogP contribution in [0.3, 0.4) is 0 Å². The largest absolute Gasteiger partial charge is 0.393 e. The van der Waals surface area contributed by atoms with Crippen LogP contribution in [-0.4, -0.2) is 33.0 Å². The van der Waals surface area contributed by atoms with Crippen molar-refractivity contribution in [3.05, 3.63) is 36.4 Å². The minimum absolute atomic E-state index is 0.123. The number of aliphatic hydroxyl groups excluding tert-OH is 1. The van der Waals surface area contributed by atoms with Gasteiger partial charge in [-0.15, -0.1) is 0 Å². The Bertz CT molecular complexity index is 536. The number of pyridine rings is 1. The number of carbonyl (C=O) groups is 1. The molecular weight excluding hydrogens is 230 g/mol. The minimum Gasteiger partial charge on any atom is -0.393 e. The lowest BCUT2D eigenvalue weighted by Crippen LogP contribution is -2.27. The van der Waals surface area contributed by atoms with Gasteiger partial charge in [-0.25, -0.2) is 4.98 Å². The molecule has 1 amide bonds. The SMILES string of the molecule is CCC(O)CCNC(=O)c1ccn2cncc2c1. The number of carbonyl (C=O) groups excluding carboxylic acids is 1. The zero-order valence-electron chi connectivity index (χ0n) is 10.3. The predicted molar refractivity (Wildman–Crippen MR) is 68.4 cm³/mol. The van der Waals surface area contributed by atoms with Gasteiger partial charge in [0.25, 0.3) is 5.91 Å². The Morgan fingerprint density at radius 3 is 3.22 bits per heavy atom. The molecule has 0 aliphatic carbocycles. The zero-order chi connectivity index (χ0) is 13.0. The number of nitrogens with zero attached hydrogens (tertiary/aromatic N) is 2. The van der Waals surface area contributed by atoms with Crippen LogP contribution in [0.15, 0.2) is 30.9 Å². The molecule has 18 heavy (non-hydrogen) atoms. The second-order valence-corrected chi connectivity index (χ2v) is 4.25. The normalized spacial score (nSPS) is 12.6. The fourth-order valence-corrected chi connectivity index (χ4v) is 1.72. The standard InChI is InChI=1S/C13H17N3O2/c1-2-12(17)3-5-15-13(18)10-4-6-16-9-14-8-11(16)7-10/h4,6-9,12,17H,2-3,5H2,1H3,(H,15,18). The first kappa shape index (κ1) is 12.6. The van der Waals surface area contributed by atoms with Crippen LogP contribution in [0.2, 0.25) is 0 Å². The summed E-state index contributed by atoms with van der Waals surface area (Å²) in [6.07, 6.45) is 6.14. The van der Waals surface area contributed by atoms with E-state index in [1.165, 1.54) is 0 Å². The van der Waals surface area contributed by atoms with Gasteiger partial charge in [0.15, 0.2) is 0 Å². The number of nitrogens with one attached hydrogen (secondary N) is 1. The summed E-state index contributed by atoms with van der Waals surface area (Å²) < 4.78 is 1.84. The third kappa shape index (κ3) is 2.87. The van der Waals surface area contributed by atoms with Gasteiger partial charge in [-0.1, -0.05) is 6.92 Å². The fourth-order valence-electron chi connectivity index (χ4n) is 1.72. The van der Waals surface area contributed by atoms with Gasteiger partial charge in [0.2, 0.25) is 0 Å². The molecule has 0 saturated carbocycles. The number of hydrogen-bond donors (Lipinski definition) is 2. The van der Waals surface area contributed by atoms with Crippen molar-refractivity contribution < 1.29 is 9.90 Å². The van der Waals surface area contributed by atoms with E-state index in [4.69, 9.17) is 0 Å². The summed E-state index contributed by atoms with van der Waals surface area (Å²) in [5.74, 6) is -0.123. The summed E-state index contributed by atoms with van der Waals surface area (Å²) in [5.41, 5.74) is 1.49. The summed E-state index contributed by atoms with van der Waals surface area (Å²) in [6.45, 7) is 2.40. The van der Waals surface area contributed by atoms with E-state index >= 15 is 0 Å². The van der Waals surface area contributed by atoms with Crippen molar-refractivity contribution in [3.8, 4) is 0 Å². The van der Waals surface area contributed by atoms with Gasteiger partial charge in [-0.3, -0.25) is 4.79 Å². The van der Waals surface area contributed by atoms with E-state index in [-0.39, 0.29) is 12.0 Å². The highest BCUT2D eigenvalue weighted by Gasteiger charge is 2.07. The average molecular weight is 247 g/mol. The minimum atomic E-state index is -0.345. The zero-order valence-corrected chi connectivity index (χ0v) is 10.3. The van der Waals surface area contributed by atoms with E-state index in [1.807, 2.05) is 11.3 Å². The van der Waals surface area contributed by atoms with Gasteiger partial charge in [0, 0.05) is 18.3 Å². The molecule has 0 fully saturated rings. The summed E-state index contributed by atoms with van der Waals surface area (Å²) >= 11 is 0. The lowest BCUT2D eigenvalue weighted by atomic mass is 10.2. The van der Waals surface area contributed by atoms with Crippen LogP contribution in [0, 0.1) is 0 Å². The number of aliphatic hydroxyl groups is 1. The molecular formula is C13H17N3O2. The van der Waals surface area contributed by atoms with Crippen molar-refractivity contribution in [3.63, 3.8) is 0 Å². The predicted octanol–water partition coefficient (Wildman–Crippen LogP) is 1.23. The van der Waals surface area contributed by atoms with Gasteiger partial charge >= 0.3 is 0 Å². The molecule has 2 aromatic heterocycles. The third-order valence-corrected chi connectivity index (χ3v) is 2.91. The molecule has 0 aromatic carbocycles. The van der Waals surface area contributed by atoms with E-state index in [2.05, 4.69) is 10.3 Å². The monoisotopic (exact) mass is 247 g/mol. The Kier molecular flexibility index (Phi) is 3.94. The number of hydrogen-bond acceptors (Lipinski definition) is 3. The molecule has 5 heteroatoms. The first-order chi connectivity index (χ1) is 8.70. The highest BCUT2D eigenvalue weighted by atomic mass is 16.3. The summed E-state index contributed by atoms with van der Waals surface area (Å²) in [7, 11) is 0.